The predicted molar refractivity (Wildman–Crippen MR) is 148 cm³/mol. The molecule has 3 aromatic rings. The molecule has 0 radical (unpaired) electrons. The van der Waals surface area contributed by atoms with Gasteiger partial charge in [-0.05, 0) is 31.2 Å². The molecule has 0 amide bonds. The fraction of sp³-hybridized carbons (Fsp3) is 0.448. The van der Waals surface area contributed by atoms with Crippen molar-refractivity contribution in [3.63, 3.8) is 0 Å². The summed E-state index contributed by atoms with van der Waals surface area (Å²) in [6.07, 6.45) is -16.0. The number of rotatable bonds is 7. The van der Waals surface area contributed by atoms with Gasteiger partial charge < -0.3 is 69.0 Å². The van der Waals surface area contributed by atoms with Gasteiger partial charge in [0.05, 0.1) is 12.7 Å². The van der Waals surface area contributed by atoms with Gasteiger partial charge in [0.25, 0.3) is 0 Å². The van der Waals surface area contributed by atoms with Crippen molar-refractivity contribution in [1.29, 1.82) is 0 Å². The largest absolute Gasteiger partial charge is 0.508 e. The van der Waals surface area contributed by atoms with Crippen LogP contribution in [0, 0.1) is 0 Å². The van der Waals surface area contributed by atoms with Crippen molar-refractivity contribution in [2.75, 3.05) is 6.61 Å². The van der Waals surface area contributed by atoms with Crippen LogP contribution in [0.4, 0.5) is 0 Å². The van der Waals surface area contributed by atoms with Crippen LogP contribution in [0.3, 0.4) is 0 Å². The molecule has 2 aliphatic heterocycles. The number of benzene rings is 2. The van der Waals surface area contributed by atoms with Gasteiger partial charge in [-0.25, -0.2) is 0 Å². The van der Waals surface area contributed by atoms with Crippen molar-refractivity contribution in [3.8, 4) is 34.3 Å². The molecule has 2 aliphatic rings. The molecule has 45 heavy (non-hydrogen) atoms. The Balaban J connectivity index is 1.52. The number of ether oxygens (including phenoxy) is 5. The maximum atomic E-state index is 13.7. The quantitative estimate of drug-likeness (QED) is 0.147. The highest BCUT2D eigenvalue weighted by Gasteiger charge is 2.52. The standard InChI is InChI=1S/C29H32O16/c1-10-24(44-28-22(38)21(37)19(35)17(9-30)43-28)23(39)27(41-11(2)31)29(40-10)45-26-20(36)18-15(34)7-14(33)8-16(18)42-25(26)12-3-5-13(32)6-4-12/h3-8,10,17,19,21-24,27-30,32-35,37-39H,9H2,1-2H3/t10-,17+,19+,21-,22+,23+,24-,27+,28-,29-/m0/s1. The Labute approximate surface area is 253 Å². The van der Waals surface area contributed by atoms with E-state index in [0.29, 0.717) is 0 Å². The van der Waals surface area contributed by atoms with Gasteiger partial charge in [-0.2, -0.15) is 0 Å². The minimum Gasteiger partial charge on any atom is -0.508 e. The monoisotopic (exact) mass is 636 g/mol. The summed E-state index contributed by atoms with van der Waals surface area (Å²) in [5.74, 6) is -2.82. The van der Waals surface area contributed by atoms with E-state index < -0.39 is 96.7 Å². The molecule has 0 saturated carbocycles. The number of carbonyl (C=O) groups excluding carboxylic acids is 1. The van der Waals surface area contributed by atoms with Crippen LogP contribution in [0.1, 0.15) is 13.8 Å². The maximum Gasteiger partial charge on any atom is 0.303 e. The maximum absolute atomic E-state index is 13.7. The second kappa shape index (κ2) is 12.8. The summed E-state index contributed by atoms with van der Waals surface area (Å²) < 4.78 is 34.0. The lowest BCUT2D eigenvalue weighted by Gasteiger charge is -2.46. The molecule has 10 atom stereocenters. The molecule has 0 aliphatic carbocycles. The van der Waals surface area contributed by atoms with Crippen LogP contribution in [0.2, 0.25) is 0 Å². The van der Waals surface area contributed by atoms with E-state index in [9.17, 15) is 50.4 Å². The van der Waals surface area contributed by atoms with Crippen molar-refractivity contribution in [1.82, 2.24) is 0 Å². The summed E-state index contributed by atoms with van der Waals surface area (Å²) >= 11 is 0. The Kier molecular flexibility index (Phi) is 9.20. The highest BCUT2D eigenvalue weighted by molar-refractivity contribution is 5.88. The predicted octanol–water partition coefficient (Wildman–Crippen LogP) is -0.822. The van der Waals surface area contributed by atoms with Crippen molar-refractivity contribution >= 4 is 16.9 Å². The fourth-order valence-electron chi connectivity index (χ4n) is 5.22. The molecule has 16 heteroatoms. The number of carbonyl (C=O) groups is 1. The minimum absolute atomic E-state index is 0.104. The van der Waals surface area contributed by atoms with E-state index in [1.54, 1.807) is 0 Å². The Hall–Kier alpha value is -4.00. The third kappa shape index (κ3) is 6.27. The lowest BCUT2D eigenvalue weighted by molar-refractivity contribution is -0.349. The molecule has 0 bridgehead atoms. The summed E-state index contributed by atoms with van der Waals surface area (Å²) in [5, 5.41) is 81.3. The molecule has 5 rings (SSSR count). The lowest BCUT2D eigenvalue weighted by atomic mass is 9.97. The number of fused-ring (bicyclic) bond motifs is 1. The van der Waals surface area contributed by atoms with E-state index in [-0.39, 0.29) is 28.0 Å². The molecule has 2 fully saturated rings. The molecular formula is C29H32O16. The normalized spacial score (nSPS) is 31.9. The minimum atomic E-state index is -1.81. The van der Waals surface area contributed by atoms with E-state index >= 15 is 0 Å². The van der Waals surface area contributed by atoms with Crippen LogP contribution in [0.5, 0.6) is 23.0 Å². The summed E-state index contributed by atoms with van der Waals surface area (Å²) in [6.45, 7) is 1.71. The molecule has 244 valence electrons. The number of hydrogen-bond acceptors (Lipinski definition) is 16. The second-order valence-corrected chi connectivity index (χ2v) is 10.7. The van der Waals surface area contributed by atoms with Crippen LogP contribution >= 0.6 is 0 Å². The first-order chi connectivity index (χ1) is 21.3. The smallest absolute Gasteiger partial charge is 0.303 e. The summed E-state index contributed by atoms with van der Waals surface area (Å²) in [4.78, 5) is 25.8. The van der Waals surface area contributed by atoms with Crippen molar-refractivity contribution in [2.45, 2.75) is 75.3 Å². The van der Waals surface area contributed by atoms with E-state index in [1.165, 1.54) is 31.2 Å². The molecular weight excluding hydrogens is 604 g/mol. The zero-order chi connectivity index (χ0) is 32.7. The Morgan fingerprint density at radius 1 is 0.867 bits per heavy atom. The molecule has 2 aromatic carbocycles. The second-order valence-electron chi connectivity index (χ2n) is 10.7. The third-order valence-electron chi connectivity index (χ3n) is 7.48. The van der Waals surface area contributed by atoms with Gasteiger partial charge in [0.15, 0.2) is 18.2 Å². The van der Waals surface area contributed by atoms with E-state index in [4.69, 9.17) is 28.1 Å². The van der Waals surface area contributed by atoms with Crippen LogP contribution in [-0.2, 0) is 23.7 Å². The molecule has 8 N–H and O–H groups in total. The number of phenolic OH excluding ortho intramolecular Hbond substituents is 3. The van der Waals surface area contributed by atoms with Gasteiger partial charge in [0.1, 0.15) is 64.8 Å². The molecule has 0 spiro atoms. The lowest BCUT2D eigenvalue weighted by Crippen LogP contribution is -2.64. The number of hydrogen-bond donors (Lipinski definition) is 8. The number of aliphatic hydroxyl groups is 5. The molecule has 16 nitrogen and oxygen atoms in total. The average molecular weight is 637 g/mol. The van der Waals surface area contributed by atoms with Crippen LogP contribution in [-0.4, -0.2) is 115 Å². The highest BCUT2D eigenvalue weighted by atomic mass is 16.7. The van der Waals surface area contributed by atoms with Gasteiger partial charge in [0.2, 0.25) is 17.5 Å². The van der Waals surface area contributed by atoms with E-state index in [0.717, 1.165) is 19.1 Å². The zero-order valence-corrected chi connectivity index (χ0v) is 23.8. The number of phenols is 3. The molecule has 3 heterocycles. The number of esters is 1. The SMILES string of the molecule is CC(=O)O[C@H]1[C@H](Oc2c(-c3ccc(O)cc3)oc3cc(O)cc(O)c3c2=O)O[C@@H](C)[C@H](O[C@@H]2O[C@H](CO)[C@@H](O)[C@H](O)[C@H]2O)[C@H]1O. The van der Waals surface area contributed by atoms with Gasteiger partial charge in [0, 0.05) is 24.6 Å². The zero-order valence-electron chi connectivity index (χ0n) is 23.8. The van der Waals surface area contributed by atoms with E-state index in [1.807, 2.05) is 0 Å². The van der Waals surface area contributed by atoms with E-state index in [2.05, 4.69) is 0 Å². The summed E-state index contributed by atoms with van der Waals surface area (Å²) in [5.41, 5.74) is -0.929. The summed E-state index contributed by atoms with van der Waals surface area (Å²) in [7, 11) is 0. The topological polar surface area (TPSA) is 255 Å². The third-order valence-corrected chi connectivity index (χ3v) is 7.48. The molecule has 2 saturated heterocycles. The van der Waals surface area contributed by atoms with Gasteiger partial charge >= 0.3 is 5.97 Å². The first-order valence-electron chi connectivity index (χ1n) is 13.8. The number of aromatic hydroxyl groups is 3. The van der Waals surface area contributed by atoms with Crippen molar-refractivity contribution in [3.05, 3.63) is 46.6 Å². The van der Waals surface area contributed by atoms with Gasteiger partial charge in [-0.3, -0.25) is 9.59 Å². The Bertz CT molecular complexity index is 1590. The fourth-order valence-corrected chi connectivity index (χ4v) is 5.22. The first kappa shape index (κ1) is 32.4. The van der Waals surface area contributed by atoms with Gasteiger partial charge in [-0.1, -0.05) is 0 Å². The Morgan fingerprint density at radius 2 is 1.56 bits per heavy atom. The van der Waals surface area contributed by atoms with Crippen LogP contribution in [0.25, 0.3) is 22.3 Å². The van der Waals surface area contributed by atoms with Crippen LogP contribution in [0.15, 0.2) is 45.6 Å². The summed E-state index contributed by atoms with van der Waals surface area (Å²) in [6, 6.07) is 7.39. The average Bonchev–Trinajstić information content (AvgIpc) is 2.98. The van der Waals surface area contributed by atoms with Crippen molar-refractivity contribution < 1.29 is 73.7 Å². The highest BCUT2D eigenvalue weighted by Crippen LogP contribution is 2.38. The molecule has 1 aromatic heterocycles. The van der Waals surface area contributed by atoms with Gasteiger partial charge in [-0.15, -0.1) is 0 Å². The van der Waals surface area contributed by atoms with Crippen molar-refractivity contribution in [2.24, 2.45) is 0 Å². The van der Waals surface area contributed by atoms with Crippen LogP contribution < -0.4 is 10.2 Å². The Morgan fingerprint density at radius 3 is 2.20 bits per heavy atom. The first-order valence-corrected chi connectivity index (χ1v) is 13.8. The number of aliphatic hydroxyl groups excluding tert-OH is 5. The molecule has 0 unspecified atom stereocenters.